The molecule has 0 aliphatic carbocycles. The van der Waals surface area contributed by atoms with Gasteiger partial charge in [-0.15, -0.1) is 0 Å². The Hall–Kier alpha value is -3.84. The normalized spacial score (nSPS) is 14.1. The van der Waals surface area contributed by atoms with Crippen LogP contribution in [0, 0.1) is 0 Å². The average molecular weight is 460 g/mol. The van der Waals surface area contributed by atoms with E-state index in [1.807, 2.05) is 0 Å². The van der Waals surface area contributed by atoms with Crippen LogP contribution in [0.15, 0.2) is 0 Å². The Morgan fingerprint density at radius 1 is 0.594 bits per heavy atom. The van der Waals surface area contributed by atoms with Crippen LogP contribution in [0.25, 0.3) is 0 Å². The van der Waals surface area contributed by atoms with Crippen molar-refractivity contribution in [2.45, 2.75) is 51.4 Å². The van der Waals surface area contributed by atoms with Crippen LogP contribution in [0.2, 0.25) is 0 Å². The summed E-state index contributed by atoms with van der Waals surface area (Å²) in [6.45, 7) is -0.367. The number of carbonyl (C=O) groups excluding carboxylic acids is 6. The molecule has 32 heavy (non-hydrogen) atoms. The van der Waals surface area contributed by atoms with Crippen LogP contribution in [-0.4, -0.2) is 70.9 Å². The molecular weight excluding hydrogens is 436 g/mol. The highest BCUT2D eigenvalue weighted by Crippen LogP contribution is 1.97. The van der Waals surface area contributed by atoms with Gasteiger partial charge >= 0.3 is 23.9 Å². The highest BCUT2D eigenvalue weighted by Gasteiger charge is 2.16. The minimum absolute atomic E-state index is 0.148. The summed E-state index contributed by atoms with van der Waals surface area (Å²) in [6.07, 6.45) is 0.356. The molecule has 2 rings (SSSR count). The zero-order valence-electron chi connectivity index (χ0n) is 17.0. The van der Waals surface area contributed by atoms with Gasteiger partial charge in [-0.1, -0.05) is 0 Å². The van der Waals surface area contributed by atoms with Crippen LogP contribution in [0.5, 0.6) is 0 Å². The maximum absolute atomic E-state index is 10.9. The third-order valence-electron chi connectivity index (χ3n) is 3.41. The number of nitrogens with one attached hydrogen (secondary N) is 2. The molecule has 0 spiro atoms. The summed E-state index contributed by atoms with van der Waals surface area (Å²) in [5.74, 6) is -4.19. The lowest BCUT2D eigenvalue weighted by atomic mass is 10.3. The van der Waals surface area contributed by atoms with Crippen LogP contribution in [-0.2, 0) is 47.8 Å². The monoisotopic (exact) mass is 460 g/mol. The lowest BCUT2D eigenvalue weighted by Gasteiger charge is -2.05. The SMILES string of the molecule is O=C(O)CCC(=O)OCCOC(=O)CCC(=O)O.O=C1CCC(=O)N1.O=C1CCC(=O)N1. The highest BCUT2D eigenvalue weighted by atomic mass is 16.6. The van der Waals surface area contributed by atoms with E-state index in [9.17, 15) is 38.4 Å². The van der Waals surface area contributed by atoms with Crippen LogP contribution in [0.1, 0.15) is 51.4 Å². The lowest BCUT2D eigenvalue weighted by molar-refractivity contribution is -0.154. The molecule has 14 nitrogen and oxygen atoms in total. The van der Waals surface area contributed by atoms with Crippen molar-refractivity contribution in [3.8, 4) is 0 Å². The van der Waals surface area contributed by atoms with Gasteiger partial charge in [-0.05, 0) is 0 Å². The lowest BCUT2D eigenvalue weighted by Crippen LogP contribution is -2.18. The van der Waals surface area contributed by atoms with Crippen molar-refractivity contribution >= 4 is 47.5 Å². The number of hydrogen-bond donors (Lipinski definition) is 4. The van der Waals surface area contributed by atoms with Gasteiger partial charge in [0.2, 0.25) is 23.6 Å². The van der Waals surface area contributed by atoms with Crippen molar-refractivity contribution in [3.05, 3.63) is 0 Å². The minimum Gasteiger partial charge on any atom is -0.481 e. The molecule has 0 unspecified atom stereocenters. The first kappa shape index (κ1) is 28.2. The summed E-state index contributed by atoms with van der Waals surface area (Å²) in [6, 6.07) is 0. The molecule has 2 fully saturated rings. The number of amides is 4. The molecule has 2 aliphatic heterocycles. The maximum Gasteiger partial charge on any atom is 0.306 e. The molecule has 0 aromatic heterocycles. The Balaban J connectivity index is 0.000000550. The summed E-state index contributed by atoms with van der Waals surface area (Å²) < 4.78 is 9.15. The second-order valence-electron chi connectivity index (χ2n) is 6.17. The van der Waals surface area contributed by atoms with E-state index in [0.717, 1.165) is 0 Å². The van der Waals surface area contributed by atoms with Gasteiger partial charge in [0.05, 0.1) is 25.7 Å². The molecule has 178 valence electrons. The molecular formula is C18H24N2O12. The predicted octanol–water partition coefficient (Wildman–Crippen LogP) is -1.35. The summed E-state index contributed by atoms with van der Waals surface area (Å²) in [5.41, 5.74) is 0. The van der Waals surface area contributed by atoms with E-state index in [0.29, 0.717) is 25.7 Å². The van der Waals surface area contributed by atoms with E-state index in [1.54, 1.807) is 0 Å². The molecule has 4 amide bonds. The van der Waals surface area contributed by atoms with Crippen molar-refractivity contribution in [3.63, 3.8) is 0 Å². The van der Waals surface area contributed by atoms with Crippen LogP contribution in [0.3, 0.4) is 0 Å². The predicted molar refractivity (Wildman–Crippen MR) is 100 cm³/mol. The van der Waals surface area contributed by atoms with Crippen LogP contribution >= 0.6 is 0 Å². The minimum atomic E-state index is -1.10. The Morgan fingerprint density at radius 3 is 1.06 bits per heavy atom. The first-order chi connectivity index (χ1) is 15.0. The van der Waals surface area contributed by atoms with Crippen LogP contribution < -0.4 is 10.6 Å². The third kappa shape index (κ3) is 17.1. The van der Waals surface area contributed by atoms with Gasteiger partial charge in [-0.2, -0.15) is 0 Å². The molecule has 2 heterocycles. The summed E-state index contributed by atoms with van der Waals surface area (Å²) in [4.78, 5) is 82.5. The average Bonchev–Trinajstić information content (AvgIpc) is 3.28. The number of hydrogen-bond acceptors (Lipinski definition) is 10. The van der Waals surface area contributed by atoms with Gasteiger partial charge in [0, 0.05) is 25.7 Å². The number of aliphatic carboxylic acids is 2. The Morgan fingerprint density at radius 2 is 0.875 bits per heavy atom. The number of esters is 2. The molecule has 14 heteroatoms. The first-order valence-corrected chi connectivity index (χ1v) is 9.39. The smallest absolute Gasteiger partial charge is 0.306 e. The number of carbonyl (C=O) groups is 8. The fraction of sp³-hybridized carbons (Fsp3) is 0.556. The molecule has 2 aliphatic rings. The number of carboxylic acid groups (broad SMARTS) is 2. The second kappa shape index (κ2) is 15.9. The van der Waals surface area contributed by atoms with Crippen molar-refractivity contribution < 1.29 is 58.0 Å². The van der Waals surface area contributed by atoms with Gasteiger partial charge in [-0.25, -0.2) is 0 Å². The molecule has 0 atom stereocenters. The van der Waals surface area contributed by atoms with Gasteiger partial charge in [0.1, 0.15) is 13.2 Å². The van der Waals surface area contributed by atoms with Crippen molar-refractivity contribution in [1.29, 1.82) is 0 Å². The van der Waals surface area contributed by atoms with Crippen molar-refractivity contribution in [2.75, 3.05) is 13.2 Å². The second-order valence-corrected chi connectivity index (χ2v) is 6.17. The van der Waals surface area contributed by atoms with E-state index in [4.69, 9.17) is 10.2 Å². The summed E-state index contributed by atoms with van der Waals surface area (Å²) >= 11 is 0. The topological polar surface area (TPSA) is 220 Å². The van der Waals surface area contributed by atoms with Crippen molar-refractivity contribution in [1.82, 2.24) is 10.6 Å². The van der Waals surface area contributed by atoms with Gasteiger partial charge in [0.25, 0.3) is 0 Å². The quantitative estimate of drug-likeness (QED) is 0.178. The van der Waals surface area contributed by atoms with E-state index < -0.39 is 23.9 Å². The maximum atomic E-state index is 10.9. The standard InChI is InChI=1S/C10H14O8.2C4H5NO2/c11-7(12)1-3-9(15)17-5-6-18-10(16)4-2-8(13)14;2*6-3-1-2-4(7)5-3/h1-6H2,(H,11,12)(H,13,14);2*1-2H2,(H,5,6,7). The Labute approximate surface area is 181 Å². The van der Waals surface area contributed by atoms with E-state index in [1.165, 1.54) is 0 Å². The summed E-state index contributed by atoms with van der Waals surface area (Å²) in [7, 11) is 0. The molecule has 0 bridgehead atoms. The zero-order chi connectivity index (χ0) is 24.5. The molecule has 0 saturated carbocycles. The molecule has 0 aromatic carbocycles. The van der Waals surface area contributed by atoms with E-state index >= 15 is 0 Å². The molecule has 4 N–H and O–H groups in total. The molecule has 0 radical (unpaired) electrons. The summed E-state index contributed by atoms with van der Waals surface area (Å²) in [5, 5.41) is 20.8. The van der Waals surface area contributed by atoms with Gasteiger partial charge in [0.15, 0.2) is 0 Å². The van der Waals surface area contributed by atoms with Crippen molar-refractivity contribution in [2.24, 2.45) is 0 Å². The van der Waals surface area contributed by atoms with Gasteiger partial charge in [-0.3, -0.25) is 49.0 Å². The highest BCUT2D eigenvalue weighted by molar-refractivity contribution is 6.02. The van der Waals surface area contributed by atoms with Crippen LogP contribution in [0.4, 0.5) is 0 Å². The molecule has 2 saturated heterocycles. The number of imide groups is 2. The Kier molecular flexibility index (Phi) is 14.0. The van der Waals surface area contributed by atoms with Gasteiger partial charge < -0.3 is 19.7 Å². The number of ether oxygens (including phenoxy) is 2. The molecule has 0 aromatic rings. The number of carboxylic acids is 2. The number of rotatable bonds is 9. The zero-order valence-corrected chi connectivity index (χ0v) is 17.0. The third-order valence-corrected chi connectivity index (χ3v) is 3.41. The van der Waals surface area contributed by atoms with E-state index in [-0.39, 0.29) is 62.5 Å². The fourth-order valence-electron chi connectivity index (χ4n) is 1.89. The van der Waals surface area contributed by atoms with E-state index in [2.05, 4.69) is 20.1 Å². The first-order valence-electron chi connectivity index (χ1n) is 9.39. The fourth-order valence-corrected chi connectivity index (χ4v) is 1.89. The Bertz CT molecular complexity index is 656. The largest absolute Gasteiger partial charge is 0.481 e.